The van der Waals surface area contributed by atoms with Gasteiger partial charge in [0.25, 0.3) is 5.89 Å². The number of likely N-dealkylation sites (tertiary alicyclic amines) is 1. The van der Waals surface area contributed by atoms with Crippen LogP contribution in [0.4, 0.5) is 5.82 Å². The van der Waals surface area contributed by atoms with Crippen molar-refractivity contribution in [1.29, 1.82) is 0 Å². The molecule has 2 atom stereocenters. The number of rotatable bonds is 4. The van der Waals surface area contributed by atoms with Gasteiger partial charge in [-0.2, -0.15) is 4.98 Å². The van der Waals surface area contributed by atoms with Crippen LogP contribution < -0.4 is 4.90 Å². The molecule has 0 unspecified atom stereocenters. The lowest BCUT2D eigenvalue weighted by Crippen LogP contribution is -2.60. The van der Waals surface area contributed by atoms with Gasteiger partial charge in [0, 0.05) is 24.8 Å². The third-order valence-electron chi connectivity index (χ3n) is 6.41. The van der Waals surface area contributed by atoms with E-state index in [9.17, 15) is 5.11 Å². The SMILES string of the molecule is Cc1noc(-c2ccnc(N3CC[C@](O)(c4ccccc4)[C@H](N4CCCC4)C3)c2)n1. The minimum atomic E-state index is -0.858. The first-order chi connectivity index (χ1) is 14.6. The van der Waals surface area contributed by atoms with E-state index in [1.54, 1.807) is 6.20 Å². The van der Waals surface area contributed by atoms with Crippen LogP contribution in [0, 0.1) is 6.92 Å². The van der Waals surface area contributed by atoms with Crippen LogP contribution in [0.2, 0.25) is 0 Å². The Kier molecular flexibility index (Phi) is 5.00. The second kappa shape index (κ2) is 7.81. The van der Waals surface area contributed by atoms with Gasteiger partial charge >= 0.3 is 0 Å². The predicted octanol–water partition coefficient (Wildman–Crippen LogP) is 3.00. The van der Waals surface area contributed by atoms with Gasteiger partial charge in [-0.15, -0.1) is 0 Å². The fourth-order valence-corrected chi connectivity index (χ4v) is 4.80. The summed E-state index contributed by atoms with van der Waals surface area (Å²) in [6.07, 6.45) is 4.81. The molecule has 2 aliphatic heterocycles. The number of benzene rings is 1. The normalized spacial score (nSPS) is 25.0. The van der Waals surface area contributed by atoms with Crippen LogP contribution in [0.25, 0.3) is 11.5 Å². The van der Waals surface area contributed by atoms with Crippen molar-refractivity contribution in [1.82, 2.24) is 20.0 Å². The predicted molar refractivity (Wildman–Crippen MR) is 114 cm³/mol. The molecule has 156 valence electrons. The molecule has 3 aromatic rings. The molecule has 2 aromatic heterocycles. The fourth-order valence-electron chi connectivity index (χ4n) is 4.80. The van der Waals surface area contributed by atoms with Crippen LogP contribution in [0.1, 0.15) is 30.7 Å². The van der Waals surface area contributed by atoms with Crippen molar-refractivity contribution in [3.63, 3.8) is 0 Å². The van der Waals surface area contributed by atoms with E-state index in [4.69, 9.17) is 4.52 Å². The first kappa shape index (κ1) is 19.2. The maximum atomic E-state index is 11.8. The van der Waals surface area contributed by atoms with Crippen molar-refractivity contribution in [2.24, 2.45) is 0 Å². The van der Waals surface area contributed by atoms with Crippen molar-refractivity contribution in [3.05, 3.63) is 60.0 Å². The van der Waals surface area contributed by atoms with Crippen LogP contribution in [0.5, 0.6) is 0 Å². The zero-order valence-corrected chi connectivity index (χ0v) is 17.2. The summed E-state index contributed by atoms with van der Waals surface area (Å²) in [6.45, 7) is 5.33. The Bertz CT molecular complexity index is 1000. The van der Waals surface area contributed by atoms with Gasteiger partial charge in [0.2, 0.25) is 0 Å². The molecular weight excluding hydrogens is 378 g/mol. The lowest BCUT2D eigenvalue weighted by molar-refractivity contribution is -0.0603. The molecule has 4 heterocycles. The second-order valence-electron chi connectivity index (χ2n) is 8.29. The highest BCUT2D eigenvalue weighted by atomic mass is 16.5. The van der Waals surface area contributed by atoms with Gasteiger partial charge in [0.05, 0.1) is 6.04 Å². The van der Waals surface area contributed by atoms with Gasteiger partial charge in [-0.3, -0.25) is 4.90 Å². The van der Waals surface area contributed by atoms with Crippen molar-refractivity contribution in [2.75, 3.05) is 31.1 Å². The molecule has 1 aromatic carbocycles. The van der Waals surface area contributed by atoms with Crippen molar-refractivity contribution in [2.45, 2.75) is 37.8 Å². The highest BCUT2D eigenvalue weighted by molar-refractivity contribution is 5.59. The molecule has 1 N–H and O–H groups in total. The smallest absolute Gasteiger partial charge is 0.258 e. The van der Waals surface area contributed by atoms with Gasteiger partial charge < -0.3 is 14.5 Å². The zero-order chi connectivity index (χ0) is 20.6. The first-order valence-corrected chi connectivity index (χ1v) is 10.7. The molecule has 0 aliphatic carbocycles. The van der Waals surface area contributed by atoms with Crippen LogP contribution >= 0.6 is 0 Å². The summed E-state index contributed by atoms with van der Waals surface area (Å²) >= 11 is 0. The van der Waals surface area contributed by atoms with Crippen LogP contribution in [0.15, 0.2) is 53.2 Å². The molecule has 2 fully saturated rings. The lowest BCUT2D eigenvalue weighted by Gasteiger charge is -2.49. The van der Waals surface area contributed by atoms with Crippen LogP contribution in [-0.4, -0.2) is 57.4 Å². The van der Waals surface area contributed by atoms with Gasteiger partial charge in [0.1, 0.15) is 11.4 Å². The molecule has 0 saturated carbocycles. The first-order valence-electron chi connectivity index (χ1n) is 10.7. The third kappa shape index (κ3) is 3.48. The lowest BCUT2D eigenvalue weighted by atomic mass is 9.79. The highest BCUT2D eigenvalue weighted by Crippen LogP contribution is 2.38. The average molecular weight is 406 g/mol. The number of hydrogen-bond donors (Lipinski definition) is 1. The van der Waals surface area contributed by atoms with E-state index in [-0.39, 0.29) is 6.04 Å². The molecule has 0 radical (unpaired) electrons. The van der Waals surface area contributed by atoms with Crippen molar-refractivity contribution in [3.8, 4) is 11.5 Å². The molecule has 0 spiro atoms. The summed E-state index contributed by atoms with van der Waals surface area (Å²) in [5, 5.41) is 15.7. The summed E-state index contributed by atoms with van der Waals surface area (Å²) < 4.78 is 5.33. The number of anilines is 1. The largest absolute Gasteiger partial charge is 0.383 e. The Morgan fingerprint density at radius 3 is 2.63 bits per heavy atom. The van der Waals surface area contributed by atoms with E-state index in [2.05, 4.69) is 37.1 Å². The highest BCUT2D eigenvalue weighted by Gasteiger charge is 2.46. The number of hydrogen-bond acceptors (Lipinski definition) is 7. The van der Waals surface area contributed by atoms with Crippen molar-refractivity contribution < 1.29 is 9.63 Å². The van der Waals surface area contributed by atoms with Crippen LogP contribution in [-0.2, 0) is 5.60 Å². The number of aliphatic hydroxyl groups is 1. The Labute approximate surface area is 176 Å². The summed E-state index contributed by atoms with van der Waals surface area (Å²) in [5.74, 6) is 2.00. The standard InChI is InChI=1S/C23H27N5O2/c1-17-25-22(30-26-17)18-9-11-24-21(15-18)28-14-10-23(29,19-7-3-2-4-8-19)20(16-28)27-12-5-6-13-27/h2-4,7-9,11,15,20,29H,5-6,10,12-14,16H2,1H3/t20-,23+/m1/s1. The molecule has 7 heteroatoms. The number of nitrogens with zero attached hydrogens (tertiary/aromatic N) is 5. The van der Waals surface area contributed by atoms with Gasteiger partial charge in [-0.25, -0.2) is 4.98 Å². The zero-order valence-electron chi connectivity index (χ0n) is 17.2. The third-order valence-corrected chi connectivity index (χ3v) is 6.41. The summed E-state index contributed by atoms with van der Waals surface area (Å²) in [6, 6.07) is 14.0. The molecule has 5 rings (SSSR count). The quantitative estimate of drug-likeness (QED) is 0.715. The Hall–Kier alpha value is -2.77. The Morgan fingerprint density at radius 1 is 1.10 bits per heavy atom. The van der Waals surface area contributed by atoms with Crippen LogP contribution in [0.3, 0.4) is 0 Å². The molecule has 7 nitrogen and oxygen atoms in total. The molecule has 2 aliphatic rings. The summed E-state index contributed by atoms with van der Waals surface area (Å²) in [5.41, 5.74) is 1.01. The average Bonchev–Trinajstić information content (AvgIpc) is 3.47. The Morgan fingerprint density at radius 2 is 1.90 bits per heavy atom. The maximum Gasteiger partial charge on any atom is 0.258 e. The minimum Gasteiger partial charge on any atom is -0.383 e. The van der Waals surface area contributed by atoms with E-state index in [1.165, 1.54) is 12.8 Å². The fraction of sp³-hybridized carbons (Fsp3) is 0.435. The molecule has 0 bridgehead atoms. The number of piperidine rings is 1. The topological polar surface area (TPSA) is 78.5 Å². The number of aromatic nitrogens is 3. The molecule has 30 heavy (non-hydrogen) atoms. The second-order valence-corrected chi connectivity index (χ2v) is 8.29. The van der Waals surface area contributed by atoms with Crippen molar-refractivity contribution >= 4 is 5.82 Å². The summed E-state index contributed by atoms with van der Waals surface area (Å²) in [4.78, 5) is 13.7. The maximum absolute atomic E-state index is 11.8. The van der Waals surface area contributed by atoms with Gasteiger partial charge in [0.15, 0.2) is 5.82 Å². The molecule has 2 saturated heterocycles. The van der Waals surface area contributed by atoms with E-state index in [0.717, 1.165) is 43.1 Å². The summed E-state index contributed by atoms with van der Waals surface area (Å²) in [7, 11) is 0. The van der Waals surface area contributed by atoms with E-state index in [1.807, 2.05) is 37.3 Å². The minimum absolute atomic E-state index is 0.0206. The van der Waals surface area contributed by atoms with Gasteiger partial charge in [-0.05, 0) is 57.0 Å². The molecular formula is C23H27N5O2. The molecule has 0 amide bonds. The monoisotopic (exact) mass is 405 g/mol. The van der Waals surface area contributed by atoms with E-state index in [0.29, 0.717) is 18.1 Å². The number of aryl methyl sites for hydroxylation is 1. The van der Waals surface area contributed by atoms with E-state index >= 15 is 0 Å². The Balaban J connectivity index is 1.45. The van der Waals surface area contributed by atoms with Gasteiger partial charge in [-0.1, -0.05) is 35.5 Å². The van der Waals surface area contributed by atoms with E-state index < -0.39 is 5.60 Å². The number of pyridine rings is 1.